The molecule has 3 aliphatic heterocycles. The summed E-state index contributed by atoms with van der Waals surface area (Å²) < 4.78 is 1.94. The average Bonchev–Trinajstić information content (AvgIpc) is 3.24. The van der Waals surface area contributed by atoms with E-state index >= 15 is 0 Å². The fourth-order valence-corrected chi connectivity index (χ4v) is 5.66. The first-order valence-electron chi connectivity index (χ1n) is 12.7. The van der Waals surface area contributed by atoms with E-state index in [1.807, 2.05) is 33.8 Å². The SMILES string of the molecule is C=C(NCC(C)CN1CCc2ccccc2C1)c1cn2cc(C(=O)N3CC4(CNC4)C3)ccc2n1. The standard InChI is InChI=1S/C28H34N6O/c1-20(12-32-10-9-22-5-3-4-6-23(22)13-32)11-30-21(2)25-15-33-14-24(7-8-26(33)31-25)27(35)34-18-28(19-34)16-29-17-28/h3-8,14-15,20,29-30H,2,9-13,16-19H2,1H3. The monoisotopic (exact) mass is 470 g/mol. The van der Waals surface area contributed by atoms with Crippen LogP contribution in [0.4, 0.5) is 0 Å². The van der Waals surface area contributed by atoms with Crippen molar-refractivity contribution in [3.8, 4) is 0 Å². The van der Waals surface area contributed by atoms with Crippen LogP contribution < -0.4 is 10.6 Å². The number of pyridine rings is 1. The van der Waals surface area contributed by atoms with Crippen LogP contribution in [0.1, 0.15) is 34.1 Å². The van der Waals surface area contributed by atoms with Crippen LogP contribution >= 0.6 is 0 Å². The van der Waals surface area contributed by atoms with Gasteiger partial charge in [0.15, 0.2) is 0 Å². The Bertz CT molecular complexity index is 1270. The van der Waals surface area contributed by atoms with Crippen molar-refractivity contribution in [3.05, 3.63) is 77.8 Å². The average molecular weight is 471 g/mol. The van der Waals surface area contributed by atoms with Gasteiger partial charge in [0, 0.05) is 70.2 Å². The van der Waals surface area contributed by atoms with Crippen molar-refractivity contribution in [2.45, 2.75) is 19.9 Å². The van der Waals surface area contributed by atoms with E-state index in [-0.39, 0.29) is 5.91 Å². The molecule has 35 heavy (non-hydrogen) atoms. The number of amides is 1. The van der Waals surface area contributed by atoms with E-state index in [9.17, 15) is 4.79 Å². The Morgan fingerprint density at radius 3 is 2.74 bits per heavy atom. The van der Waals surface area contributed by atoms with Gasteiger partial charge in [-0.1, -0.05) is 37.8 Å². The molecule has 0 bridgehead atoms. The van der Waals surface area contributed by atoms with Crippen LogP contribution in [0.15, 0.2) is 55.4 Å². The van der Waals surface area contributed by atoms with Gasteiger partial charge in [0.1, 0.15) is 11.3 Å². The summed E-state index contributed by atoms with van der Waals surface area (Å²) in [5.74, 6) is 0.592. The molecule has 5 heterocycles. The summed E-state index contributed by atoms with van der Waals surface area (Å²) in [6.45, 7) is 14.3. The van der Waals surface area contributed by atoms with Crippen LogP contribution in [-0.2, 0) is 13.0 Å². The predicted molar refractivity (Wildman–Crippen MR) is 138 cm³/mol. The van der Waals surface area contributed by atoms with Crippen molar-refractivity contribution in [2.75, 3.05) is 45.8 Å². The molecule has 7 heteroatoms. The number of benzene rings is 1. The predicted octanol–water partition coefficient (Wildman–Crippen LogP) is 2.63. The Morgan fingerprint density at radius 2 is 1.97 bits per heavy atom. The Morgan fingerprint density at radius 1 is 1.17 bits per heavy atom. The van der Waals surface area contributed by atoms with E-state index in [1.165, 1.54) is 11.1 Å². The number of rotatable bonds is 7. The zero-order valence-electron chi connectivity index (χ0n) is 20.5. The van der Waals surface area contributed by atoms with Gasteiger partial charge >= 0.3 is 0 Å². The van der Waals surface area contributed by atoms with Crippen molar-refractivity contribution < 1.29 is 4.79 Å². The van der Waals surface area contributed by atoms with E-state index in [0.717, 1.165) is 75.8 Å². The van der Waals surface area contributed by atoms with E-state index in [4.69, 9.17) is 4.98 Å². The van der Waals surface area contributed by atoms with Crippen LogP contribution in [0.2, 0.25) is 0 Å². The number of hydrogen-bond donors (Lipinski definition) is 2. The molecule has 1 unspecified atom stereocenters. The molecule has 2 saturated heterocycles. The quantitative estimate of drug-likeness (QED) is 0.556. The van der Waals surface area contributed by atoms with Crippen molar-refractivity contribution in [1.82, 2.24) is 29.8 Å². The molecule has 2 aromatic heterocycles. The number of nitrogens with zero attached hydrogens (tertiary/aromatic N) is 4. The van der Waals surface area contributed by atoms with E-state index in [2.05, 4.69) is 53.3 Å². The smallest absolute Gasteiger partial charge is 0.255 e. The lowest BCUT2D eigenvalue weighted by Gasteiger charge is -2.56. The summed E-state index contributed by atoms with van der Waals surface area (Å²) in [7, 11) is 0. The number of imidazole rings is 1. The maximum Gasteiger partial charge on any atom is 0.255 e. The summed E-state index contributed by atoms with van der Waals surface area (Å²) in [6.07, 6.45) is 4.98. The maximum atomic E-state index is 12.9. The van der Waals surface area contributed by atoms with Gasteiger partial charge in [0.2, 0.25) is 0 Å². The minimum Gasteiger partial charge on any atom is -0.383 e. The Hall–Kier alpha value is -3.16. The van der Waals surface area contributed by atoms with Crippen LogP contribution in [0.3, 0.4) is 0 Å². The van der Waals surface area contributed by atoms with Crippen LogP contribution in [0, 0.1) is 11.3 Å². The second-order valence-electron chi connectivity index (χ2n) is 10.8. The molecule has 1 aromatic carbocycles. The molecule has 3 aromatic rings. The molecule has 1 atom stereocenters. The molecule has 2 N–H and O–H groups in total. The van der Waals surface area contributed by atoms with E-state index in [1.54, 1.807) is 0 Å². The first-order valence-corrected chi connectivity index (χ1v) is 12.7. The Balaban J connectivity index is 1.03. The number of fused-ring (bicyclic) bond motifs is 2. The molecule has 182 valence electrons. The third-order valence-corrected chi connectivity index (χ3v) is 7.79. The Kier molecular flexibility index (Phi) is 5.61. The van der Waals surface area contributed by atoms with Crippen molar-refractivity contribution in [2.24, 2.45) is 11.3 Å². The second kappa shape index (κ2) is 8.81. The number of aromatic nitrogens is 2. The Labute approximate surface area is 206 Å². The third-order valence-electron chi connectivity index (χ3n) is 7.79. The topological polar surface area (TPSA) is 64.9 Å². The molecular weight excluding hydrogens is 436 g/mol. The fraction of sp³-hybridized carbons (Fsp3) is 0.429. The summed E-state index contributed by atoms with van der Waals surface area (Å²) in [6, 6.07) is 12.6. The highest BCUT2D eigenvalue weighted by Gasteiger charge is 2.49. The number of hydrogen-bond acceptors (Lipinski definition) is 5. The van der Waals surface area contributed by atoms with Gasteiger partial charge in [-0.3, -0.25) is 9.69 Å². The molecule has 2 fully saturated rings. The highest BCUT2D eigenvalue weighted by atomic mass is 16.2. The summed E-state index contributed by atoms with van der Waals surface area (Å²) >= 11 is 0. The molecule has 7 nitrogen and oxygen atoms in total. The molecule has 0 saturated carbocycles. The van der Waals surface area contributed by atoms with Crippen molar-refractivity contribution in [3.63, 3.8) is 0 Å². The summed E-state index contributed by atoms with van der Waals surface area (Å²) in [5, 5.41) is 6.80. The minimum atomic E-state index is 0.103. The van der Waals surface area contributed by atoms with Crippen LogP contribution in [0.25, 0.3) is 11.3 Å². The first kappa shape index (κ1) is 22.3. The number of carbonyl (C=O) groups is 1. The molecule has 1 spiro atoms. The summed E-state index contributed by atoms with van der Waals surface area (Å²) in [5.41, 5.74) is 6.45. The lowest BCUT2D eigenvalue weighted by atomic mass is 9.74. The third kappa shape index (κ3) is 4.34. The summed E-state index contributed by atoms with van der Waals surface area (Å²) in [4.78, 5) is 22.1. The van der Waals surface area contributed by atoms with Crippen molar-refractivity contribution in [1.29, 1.82) is 0 Å². The van der Waals surface area contributed by atoms with Crippen LogP contribution in [0.5, 0.6) is 0 Å². The van der Waals surface area contributed by atoms with Gasteiger partial charge < -0.3 is 19.9 Å². The minimum absolute atomic E-state index is 0.103. The molecule has 0 aliphatic carbocycles. The zero-order valence-corrected chi connectivity index (χ0v) is 20.5. The van der Waals surface area contributed by atoms with Gasteiger partial charge in [-0.25, -0.2) is 4.98 Å². The van der Waals surface area contributed by atoms with Gasteiger partial charge in [-0.15, -0.1) is 0 Å². The highest BCUT2D eigenvalue weighted by molar-refractivity contribution is 5.95. The largest absolute Gasteiger partial charge is 0.383 e. The number of likely N-dealkylation sites (tertiary alicyclic amines) is 1. The highest BCUT2D eigenvalue weighted by Crippen LogP contribution is 2.34. The lowest BCUT2D eigenvalue weighted by Crippen LogP contribution is -2.71. The molecule has 6 rings (SSSR count). The van der Waals surface area contributed by atoms with E-state index in [0.29, 0.717) is 16.9 Å². The zero-order chi connectivity index (χ0) is 24.0. The molecule has 1 amide bonds. The molecule has 3 aliphatic rings. The molecule has 0 radical (unpaired) electrons. The normalized spacial score (nSPS) is 19.6. The second-order valence-corrected chi connectivity index (χ2v) is 10.8. The fourth-order valence-electron chi connectivity index (χ4n) is 5.66. The van der Waals surface area contributed by atoms with E-state index < -0.39 is 0 Å². The van der Waals surface area contributed by atoms with Gasteiger partial charge in [0.05, 0.1) is 11.3 Å². The van der Waals surface area contributed by atoms with Gasteiger partial charge in [-0.05, 0) is 35.6 Å². The molecular formula is C28H34N6O. The van der Waals surface area contributed by atoms with Gasteiger partial charge in [0.25, 0.3) is 5.91 Å². The number of carbonyl (C=O) groups excluding carboxylic acids is 1. The van der Waals surface area contributed by atoms with Gasteiger partial charge in [-0.2, -0.15) is 0 Å². The number of nitrogens with one attached hydrogen (secondary N) is 2. The van der Waals surface area contributed by atoms with Crippen LogP contribution in [-0.4, -0.2) is 70.9 Å². The maximum absolute atomic E-state index is 12.9. The lowest BCUT2D eigenvalue weighted by molar-refractivity contribution is -0.0248. The van der Waals surface area contributed by atoms with Crippen molar-refractivity contribution >= 4 is 17.3 Å². The first-order chi connectivity index (χ1) is 17.0.